The van der Waals surface area contributed by atoms with Crippen molar-refractivity contribution >= 4 is 17.2 Å². The quantitative estimate of drug-likeness (QED) is 0.661. The lowest BCUT2D eigenvalue weighted by Gasteiger charge is -2.20. The molecule has 2 aromatic rings. The summed E-state index contributed by atoms with van der Waals surface area (Å²) < 4.78 is 6.07. The van der Waals surface area contributed by atoms with Crippen LogP contribution in [-0.4, -0.2) is 23.5 Å². The van der Waals surface area contributed by atoms with E-state index < -0.39 is 0 Å². The SMILES string of the molecule is CCN(Cc1cccs1)C(=O)CCc1cccc(OC2CCCC2)c1. The summed E-state index contributed by atoms with van der Waals surface area (Å²) in [5.41, 5.74) is 1.18. The van der Waals surface area contributed by atoms with Gasteiger partial charge in [-0.05, 0) is 68.2 Å². The number of aryl methyl sites for hydroxylation is 1. The number of hydrogen-bond donors (Lipinski definition) is 0. The van der Waals surface area contributed by atoms with Crippen LogP contribution >= 0.6 is 11.3 Å². The second-order valence-corrected chi connectivity index (χ2v) is 7.69. The fourth-order valence-corrected chi connectivity index (χ4v) is 4.07. The van der Waals surface area contributed by atoms with Crippen molar-refractivity contribution < 1.29 is 9.53 Å². The van der Waals surface area contributed by atoms with Crippen LogP contribution in [0.1, 0.15) is 49.5 Å². The molecule has 1 aliphatic carbocycles. The van der Waals surface area contributed by atoms with Gasteiger partial charge in [0, 0.05) is 17.8 Å². The van der Waals surface area contributed by atoms with Crippen molar-refractivity contribution in [1.29, 1.82) is 0 Å². The Morgan fingerprint density at radius 2 is 2.08 bits per heavy atom. The molecule has 0 N–H and O–H groups in total. The fourth-order valence-electron chi connectivity index (χ4n) is 3.35. The Balaban J connectivity index is 1.52. The smallest absolute Gasteiger partial charge is 0.223 e. The summed E-state index contributed by atoms with van der Waals surface area (Å²) in [5, 5.41) is 2.06. The van der Waals surface area contributed by atoms with Gasteiger partial charge in [-0.3, -0.25) is 4.79 Å². The van der Waals surface area contributed by atoms with E-state index in [1.807, 2.05) is 30.0 Å². The van der Waals surface area contributed by atoms with Crippen molar-refractivity contribution in [2.45, 2.75) is 58.1 Å². The molecule has 0 saturated heterocycles. The van der Waals surface area contributed by atoms with Crippen LogP contribution in [0.4, 0.5) is 0 Å². The van der Waals surface area contributed by atoms with Crippen LogP contribution in [0.3, 0.4) is 0 Å². The molecule has 1 aromatic heterocycles. The minimum atomic E-state index is 0.220. The van der Waals surface area contributed by atoms with Crippen LogP contribution in [0.25, 0.3) is 0 Å². The number of thiophene rings is 1. The van der Waals surface area contributed by atoms with Crippen LogP contribution < -0.4 is 4.74 Å². The lowest BCUT2D eigenvalue weighted by molar-refractivity contribution is -0.131. The first-order chi connectivity index (χ1) is 12.2. The maximum absolute atomic E-state index is 12.5. The highest BCUT2D eigenvalue weighted by atomic mass is 32.1. The van der Waals surface area contributed by atoms with Gasteiger partial charge in [-0.25, -0.2) is 0 Å². The monoisotopic (exact) mass is 357 g/mol. The fraction of sp³-hybridized carbons (Fsp3) is 0.476. The second kappa shape index (κ2) is 9.04. The van der Waals surface area contributed by atoms with Gasteiger partial charge in [0.2, 0.25) is 5.91 Å². The molecule has 25 heavy (non-hydrogen) atoms. The Labute approximate surface area is 154 Å². The molecule has 0 radical (unpaired) electrons. The van der Waals surface area contributed by atoms with Crippen LogP contribution in [0.2, 0.25) is 0 Å². The Hall–Kier alpha value is -1.81. The van der Waals surface area contributed by atoms with Crippen LogP contribution in [0.5, 0.6) is 5.75 Å². The van der Waals surface area contributed by atoms with Crippen LogP contribution in [0.15, 0.2) is 41.8 Å². The molecule has 1 aromatic carbocycles. The largest absolute Gasteiger partial charge is 0.490 e. The van der Waals surface area contributed by atoms with Crippen molar-refractivity contribution in [3.63, 3.8) is 0 Å². The van der Waals surface area contributed by atoms with Crippen molar-refractivity contribution in [1.82, 2.24) is 4.90 Å². The summed E-state index contributed by atoms with van der Waals surface area (Å²) in [5.74, 6) is 1.17. The van der Waals surface area contributed by atoms with E-state index >= 15 is 0 Å². The first-order valence-electron chi connectivity index (χ1n) is 9.30. The number of carbonyl (C=O) groups excluding carboxylic acids is 1. The number of nitrogens with zero attached hydrogens (tertiary/aromatic N) is 1. The van der Waals surface area contributed by atoms with E-state index in [-0.39, 0.29) is 5.91 Å². The van der Waals surface area contributed by atoms with Gasteiger partial charge in [-0.15, -0.1) is 11.3 Å². The predicted molar refractivity (Wildman–Crippen MR) is 103 cm³/mol. The molecule has 3 rings (SSSR count). The van der Waals surface area contributed by atoms with E-state index in [1.54, 1.807) is 11.3 Å². The molecule has 1 fully saturated rings. The number of ether oxygens (including phenoxy) is 1. The number of rotatable bonds is 8. The second-order valence-electron chi connectivity index (χ2n) is 6.66. The molecule has 0 aliphatic heterocycles. The van der Waals surface area contributed by atoms with E-state index in [9.17, 15) is 4.79 Å². The van der Waals surface area contributed by atoms with E-state index in [2.05, 4.69) is 23.6 Å². The molecule has 0 atom stereocenters. The summed E-state index contributed by atoms with van der Waals surface area (Å²) in [6.07, 6.45) is 6.56. The van der Waals surface area contributed by atoms with Crippen molar-refractivity contribution in [3.8, 4) is 5.75 Å². The summed E-state index contributed by atoms with van der Waals surface area (Å²) >= 11 is 1.70. The van der Waals surface area contributed by atoms with Crippen molar-refractivity contribution in [2.24, 2.45) is 0 Å². The minimum Gasteiger partial charge on any atom is -0.490 e. The molecule has 4 heteroatoms. The summed E-state index contributed by atoms with van der Waals surface area (Å²) in [6.45, 7) is 3.51. The predicted octanol–water partition coefficient (Wildman–Crippen LogP) is 5.05. The third kappa shape index (κ3) is 5.33. The highest BCUT2D eigenvalue weighted by molar-refractivity contribution is 7.09. The van der Waals surface area contributed by atoms with Crippen LogP contribution in [-0.2, 0) is 17.8 Å². The molecule has 0 unspecified atom stereocenters. The van der Waals surface area contributed by atoms with Gasteiger partial charge >= 0.3 is 0 Å². The average Bonchev–Trinajstić information content (AvgIpc) is 3.32. The topological polar surface area (TPSA) is 29.5 Å². The number of hydrogen-bond acceptors (Lipinski definition) is 3. The summed E-state index contributed by atoms with van der Waals surface area (Å²) in [4.78, 5) is 15.7. The van der Waals surface area contributed by atoms with Gasteiger partial charge in [-0.2, -0.15) is 0 Å². The van der Waals surface area contributed by atoms with E-state index in [4.69, 9.17) is 4.74 Å². The highest BCUT2D eigenvalue weighted by Crippen LogP contribution is 2.25. The molecule has 1 saturated carbocycles. The zero-order chi connectivity index (χ0) is 17.5. The zero-order valence-corrected chi connectivity index (χ0v) is 15.8. The van der Waals surface area contributed by atoms with Crippen molar-refractivity contribution in [2.75, 3.05) is 6.54 Å². The minimum absolute atomic E-state index is 0.220. The lowest BCUT2D eigenvalue weighted by Crippen LogP contribution is -2.30. The molecular formula is C21H27NO2S. The molecule has 1 heterocycles. The molecule has 1 amide bonds. The summed E-state index contributed by atoms with van der Waals surface area (Å²) in [7, 11) is 0. The number of benzene rings is 1. The maximum Gasteiger partial charge on any atom is 0.223 e. The lowest BCUT2D eigenvalue weighted by atomic mass is 10.1. The molecule has 0 spiro atoms. The van der Waals surface area contributed by atoms with Gasteiger partial charge in [0.15, 0.2) is 0 Å². The Morgan fingerprint density at radius 3 is 2.80 bits per heavy atom. The maximum atomic E-state index is 12.5. The first-order valence-corrected chi connectivity index (χ1v) is 10.2. The summed E-state index contributed by atoms with van der Waals surface area (Å²) in [6, 6.07) is 12.4. The molecule has 3 nitrogen and oxygen atoms in total. The standard InChI is InChI=1S/C21H27NO2S/c1-2-22(16-20-11-6-14-25-20)21(23)13-12-17-7-5-10-19(15-17)24-18-8-3-4-9-18/h5-7,10-11,14-15,18H,2-4,8-9,12-13,16H2,1H3. The van der Waals surface area contributed by atoms with E-state index in [0.29, 0.717) is 12.5 Å². The van der Waals surface area contributed by atoms with Crippen LogP contribution in [0, 0.1) is 0 Å². The zero-order valence-electron chi connectivity index (χ0n) is 14.9. The Bertz CT molecular complexity index is 662. The van der Waals surface area contributed by atoms with E-state index in [1.165, 1.54) is 23.3 Å². The molecule has 0 bridgehead atoms. The molecule has 134 valence electrons. The van der Waals surface area contributed by atoms with Gasteiger partial charge in [0.1, 0.15) is 5.75 Å². The van der Waals surface area contributed by atoms with Gasteiger partial charge in [-0.1, -0.05) is 18.2 Å². The average molecular weight is 358 g/mol. The van der Waals surface area contributed by atoms with E-state index in [0.717, 1.165) is 38.1 Å². The van der Waals surface area contributed by atoms with Crippen molar-refractivity contribution in [3.05, 3.63) is 52.2 Å². The third-order valence-electron chi connectivity index (χ3n) is 4.79. The number of amides is 1. The first kappa shape index (κ1) is 18.0. The molecular weight excluding hydrogens is 330 g/mol. The number of carbonyl (C=O) groups is 1. The van der Waals surface area contributed by atoms with Gasteiger partial charge < -0.3 is 9.64 Å². The normalized spacial score (nSPS) is 14.6. The Morgan fingerprint density at radius 1 is 1.24 bits per heavy atom. The van der Waals surface area contributed by atoms with Gasteiger partial charge in [0.05, 0.1) is 12.6 Å². The molecule has 1 aliphatic rings. The Kier molecular flexibility index (Phi) is 6.51. The van der Waals surface area contributed by atoms with Gasteiger partial charge in [0.25, 0.3) is 0 Å². The highest BCUT2D eigenvalue weighted by Gasteiger charge is 2.17. The third-order valence-corrected chi connectivity index (χ3v) is 5.65.